The summed E-state index contributed by atoms with van der Waals surface area (Å²) in [4.78, 5) is 10.8. The van der Waals surface area contributed by atoms with Gasteiger partial charge >= 0.3 is 0 Å². The first-order valence-corrected chi connectivity index (χ1v) is 6.33. The van der Waals surface area contributed by atoms with E-state index in [0.717, 1.165) is 12.1 Å². The van der Waals surface area contributed by atoms with Crippen LogP contribution in [0.1, 0.15) is 15.9 Å². The van der Waals surface area contributed by atoms with Gasteiger partial charge in [0.2, 0.25) is 0 Å². The first-order chi connectivity index (χ1) is 10.1. The highest BCUT2D eigenvalue weighted by atomic mass is 35.5. The lowest BCUT2D eigenvalue weighted by atomic mass is 10.2. The fraction of sp³-hybridized carbons (Fsp3) is 0.133. The number of halogens is 3. The van der Waals surface area contributed by atoms with Gasteiger partial charge in [0.25, 0.3) is 0 Å². The molecular weight excluding hydrogens is 302 g/mol. The fourth-order valence-corrected chi connectivity index (χ4v) is 2.04. The van der Waals surface area contributed by atoms with Crippen molar-refractivity contribution in [3.05, 3.63) is 58.1 Å². The highest BCUT2D eigenvalue weighted by Crippen LogP contribution is 2.36. The number of carbonyl (C=O) groups excluding carboxylic acids is 1. The Morgan fingerprint density at radius 2 is 1.90 bits per heavy atom. The monoisotopic (exact) mass is 312 g/mol. The molecule has 0 aliphatic heterocycles. The van der Waals surface area contributed by atoms with Crippen molar-refractivity contribution in [3.63, 3.8) is 0 Å². The van der Waals surface area contributed by atoms with Crippen LogP contribution in [0.2, 0.25) is 5.02 Å². The highest BCUT2D eigenvalue weighted by molar-refractivity contribution is 6.32. The zero-order chi connectivity index (χ0) is 15.4. The summed E-state index contributed by atoms with van der Waals surface area (Å²) in [5.41, 5.74) is 0.0938. The molecule has 2 aromatic carbocycles. The van der Waals surface area contributed by atoms with E-state index in [9.17, 15) is 13.6 Å². The van der Waals surface area contributed by atoms with Gasteiger partial charge in [-0.05, 0) is 24.3 Å². The Bertz CT molecular complexity index is 654. The van der Waals surface area contributed by atoms with Crippen LogP contribution in [-0.4, -0.2) is 13.4 Å². The van der Waals surface area contributed by atoms with E-state index in [1.54, 1.807) is 0 Å². The smallest absolute Gasteiger partial charge is 0.180 e. The van der Waals surface area contributed by atoms with Crippen molar-refractivity contribution < 1.29 is 23.0 Å². The average Bonchev–Trinajstić information content (AvgIpc) is 2.47. The number of aldehydes is 1. The molecule has 0 fully saturated rings. The van der Waals surface area contributed by atoms with Crippen molar-refractivity contribution >= 4 is 17.9 Å². The van der Waals surface area contributed by atoms with Crippen LogP contribution in [0.25, 0.3) is 0 Å². The first-order valence-electron chi connectivity index (χ1n) is 5.95. The summed E-state index contributed by atoms with van der Waals surface area (Å²) in [6.07, 6.45) is 0.606. The normalized spacial score (nSPS) is 10.3. The molecule has 2 aromatic rings. The summed E-state index contributed by atoms with van der Waals surface area (Å²) >= 11 is 5.99. The highest BCUT2D eigenvalue weighted by Gasteiger charge is 2.15. The first kappa shape index (κ1) is 15.3. The third kappa shape index (κ3) is 3.31. The quantitative estimate of drug-likeness (QED) is 0.782. The minimum Gasteiger partial charge on any atom is -0.493 e. The number of ether oxygens (including phenoxy) is 2. The van der Waals surface area contributed by atoms with Gasteiger partial charge in [0.1, 0.15) is 24.5 Å². The van der Waals surface area contributed by atoms with Gasteiger partial charge in [-0.15, -0.1) is 0 Å². The van der Waals surface area contributed by atoms with E-state index in [4.69, 9.17) is 21.1 Å². The predicted octanol–water partition coefficient (Wildman–Crippen LogP) is 4.02. The summed E-state index contributed by atoms with van der Waals surface area (Å²) in [5, 5.41) is 0.119. The molecule has 0 bridgehead atoms. The van der Waals surface area contributed by atoms with E-state index in [1.807, 2.05) is 0 Å². The van der Waals surface area contributed by atoms with Gasteiger partial charge in [-0.25, -0.2) is 8.78 Å². The molecule has 0 N–H and O–H groups in total. The molecule has 0 saturated heterocycles. The third-order valence-corrected chi connectivity index (χ3v) is 3.09. The molecule has 0 amide bonds. The van der Waals surface area contributed by atoms with Gasteiger partial charge in [0, 0.05) is 5.56 Å². The number of rotatable bonds is 5. The molecule has 0 aliphatic rings. The Morgan fingerprint density at radius 3 is 2.48 bits per heavy atom. The Labute approximate surface area is 125 Å². The maximum atomic E-state index is 13.5. The molecule has 0 heterocycles. The fourth-order valence-electron chi connectivity index (χ4n) is 1.76. The van der Waals surface area contributed by atoms with Crippen molar-refractivity contribution in [2.45, 2.75) is 6.61 Å². The number of hydrogen-bond acceptors (Lipinski definition) is 3. The largest absolute Gasteiger partial charge is 0.493 e. The molecular formula is C15H11ClF2O3. The van der Waals surface area contributed by atoms with Crippen LogP contribution in [0.15, 0.2) is 30.3 Å². The van der Waals surface area contributed by atoms with E-state index in [-0.39, 0.29) is 28.7 Å². The number of hydrogen-bond donors (Lipinski definition) is 0. The van der Waals surface area contributed by atoms with Crippen LogP contribution in [-0.2, 0) is 6.61 Å². The van der Waals surface area contributed by atoms with Crippen molar-refractivity contribution in [2.75, 3.05) is 7.11 Å². The molecule has 0 unspecified atom stereocenters. The van der Waals surface area contributed by atoms with Gasteiger partial charge in [0.05, 0.1) is 17.7 Å². The van der Waals surface area contributed by atoms with Crippen molar-refractivity contribution in [1.29, 1.82) is 0 Å². The van der Waals surface area contributed by atoms with Gasteiger partial charge < -0.3 is 9.47 Å². The van der Waals surface area contributed by atoms with Crippen molar-refractivity contribution in [3.8, 4) is 11.5 Å². The minimum atomic E-state index is -0.713. The summed E-state index contributed by atoms with van der Waals surface area (Å²) in [5.74, 6) is -1.10. The third-order valence-electron chi connectivity index (χ3n) is 2.81. The van der Waals surface area contributed by atoms with Crippen LogP contribution in [0, 0.1) is 11.6 Å². The van der Waals surface area contributed by atoms with Gasteiger partial charge in [-0.2, -0.15) is 0 Å². The maximum Gasteiger partial charge on any atom is 0.180 e. The molecule has 0 saturated carbocycles. The predicted molar refractivity (Wildman–Crippen MR) is 74.1 cm³/mol. The molecule has 0 aromatic heterocycles. The Morgan fingerprint density at radius 1 is 1.24 bits per heavy atom. The molecule has 0 atom stereocenters. The van der Waals surface area contributed by atoms with E-state index < -0.39 is 11.6 Å². The van der Waals surface area contributed by atoms with Gasteiger partial charge in [-0.1, -0.05) is 17.7 Å². The lowest BCUT2D eigenvalue weighted by Gasteiger charge is -2.13. The lowest BCUT2D eigenvalue weighted by molar-refractivity contribution is 0.112. The van der Waals surface area contributed by atoms with E-state index in [2.05, 4.69) is 0 Å². The molecule has 0 aliphatic carbocycles. The number of benzene rings is 2. The van der Waals surface area contributed by atoms with E-state index in [0.29, 0.717) is 11.8 Å². The van der Waals surface area contributed by atoms with Crippen LogP contribution in [0.4, 0.5) is 8.78 Å². The Balaban J connectivity index is 2.30. The molecule has 0 spiro atoms. The van der Waals surface area contributed by atoms with Crippen molar-refractivity contribution in [1.82, 2.24) is 0 Å². The van der Waals surface area contributed by atoms with E-state index in [1.165, 1.54) is 25.3 Å². The van der Waals surface area contributed by atoms with Crippen LogP contribution >= 0.6 is 11.6 Å². The molecule has 6 heteroatoms. The molecule has 0 radical (unpaired) electrons. The summed E-state index contributed by atoms with van der Waals surface area (Å²) in [6, 6.07) is 6.34. The summed E-state index contributed by atoms with van der Waals surface area (Å²) < 4.78 is 37.5. The Hall–Kier alpha value is -2.14. The lowest BCUT2D eigenvalue weighted by Crippen LogP contribution is -2.03. The maximum absolute atomic E-state index is 13.5. The average molecular weight is 313 g/mol. The standard InChI is InChI=1S/C15H11ClF2O3/c1-20-14-6-9(7-19)5-11(16)15(14)21-8-10-12(17)3-2-4-13(10)18/h2-7H,8H2,1H3. The Kier molecular flexibility index (Phi) is 4.75. The number of carbonyl (C=O) groups is 1. The molecule has 21 heavy (non-hydrogen) atoms. The zero-order valence-corrected chi connectivity index (χ0v) is 11.8. The van der Waals surface area contributed by atoms with Crippen LogP contribution in [0.3, 0.4) is 0 Å². The van der Waals surface area contributed by atoms with Gasteiger partial charge in [-0.3, -0.25) is 4.79 Å². The topological polar surface area (TPSA) is 35.5 Å². The molecule has 3 nitrogen and oxygen atoms in total. The second-order valence-electron chi connectivity index (χ2n) is 4.14. The minimum absolute atomic E-state index is 0.118. The summed E-state index contributed by atoms with van der Waals surface area (Å²) in [7, 11) is 1.37. The van der Waals surface area contributed by atoms with Crippen LogP contribution in [0.5, 0.6) is 11.5 Å². The second-order valence-corrected chi connectivity index (χ2v) is 4.55. The zero-order valence-electron chi connectivity index (χ0n) is 11.0. The summed E-state index contributed by atoms with van der Waals surface area (Å²) in [6.45, 7) is -0.352. The molecule has 110 valence electrons. The number of methoxy groups -OCH3 is 1. The van der Waals surface area contributed by atoms with Crippen molar-refractivity contribution in [2.24, 2.45) is 0 Å². The van der Waals surface area contributed by atoms with E-state index >= 15 is 0 Å². The van der Waals surface area contributed by atoms with Gasteiger partial charge in [0.15, 0.2) is 11.5 Å². The second kappa shape index (κ2) is 6.54. The SMILES string of the molecule is COc1cc(C=O)cc(Cl)c1OCc1c(F)cccc1F. The molecule has 2 rings (SSSR count). The van der Waals surface area contributed by atoms with Crippen LogP contribution < -0.4 is 9.47 Å².